The maximum absolute atomic E-state index is 12.6. The Bertz CT molecular complexity index is 763. The summed E-state index contributed by atoms with van der Waals surface area (Å²) in [5, 5.41) is 2.85. The number of ether oxygens (including phenoxy) is 2. The highest BCUT2D eigenvalue weighted by Crippen LogP contribution is 2.32. The second kappa shape index (κ2) is 10.1. The molecule has 8 nitrogen and oxygen atoms in total. The van der Waals surface area contributed by atoms with E-state index in [1.165, 1.54) is 7.11 Å². The fraction of sp³-hybridized carbons (Fsp3) is 0.632. The van der Waals surface area contributed by atoms with Gasteiger partial charge in [-0.1, -0.05) is 6.07 Å². The molecule has 2 rings (SSSR count). The zero-order chi connectivity index (χ0) is 20.7. The first-order valence-electron chi connectivity index (χ1n) is 9.46. The number of nitrogens with zero attached hydrogens (tertiary/aromatic N) is 2. The Morgan fingerprint density at radius 2 is 2.04 bits per heavy atom. The lowest BCUT2D eigenvalue weighted by Crippen LogP contribution is -2.48. The van der Waals surface area contributed by atoms with Crippen molar-refractivity contribution in [1.82, 2.24) is 10.2 Å². The lowest BCUT2D eigenvalue weighted by atomic mass is 10.2. The van der Waals surface area contributed by atoms with E-state index in [0.29, 0.717) is 18.0 Å². The molecule has 1 atom stereocenters. The van der Waals surface area contributed by atoms with Gasteiger partial charge in [-0.3, -0.25) is 14.0 Å². The van der Waals surface area contributed by atoms with Crippen LogP contribution in [0.4, 0.5) is 5.69 Å². The minimum absolute atomic E-state index is 0.337. The molecular weight excluding hydrogens is 382 g/mol. The molecule has 0 radical (unpaired) electrons. The van der Waals surface area contributed by atoms with E-state index < -0.39 is 16.1 Å². The van der Waals surface area contributed by atoms with Gasteiger partial charge in [0.05, 0.1) is 32.3 Å². The van der Waals surface area contributed by atoms with Crippen LogP contribution in [0.25, 0.3) is 0 Å². The zero-order valence-corrected chi connectivity index (χ0v) is 17.9. The van der Waals surface area contributed by atoms with E-state index >= 15 is 0 Å². The van der Waals surface area contributed by atoms with E-state index in [1.54, 1.807) is 19.1 Å². The van der Waals surface area contributed by atoms with Crippen LogP contribution < -0.4 is 14.4 Å². The quantitative estimate of drug-likeness (QED) is 0.608. The van der Waals surface area contributed by atoms with E-state index in [9.17, 15) is 13.2 Å². The van der Waals surface area contributed by atoms with Crippen LogP contribution in [-0.2, 0) is 19.6 Å². The molecule has 158 valence electrons. The SMILES string of the molecule is COc1ccc(C)cc1N([C@H](C)C(=O)NCCCN1CCOCC1)S(C)(=O)=O. The van der Waals surface area contributed by atoms with Crippen LogP contribution in [0, 0.1) is 6.92 Å². The molecule has 1 aromatic carbocycles. The first kappa shape index (κ1) is 22.4. The average molecular weight is 414 g/mol. The molecule has 9 heteroatoms. The van der Waals surface area contributed by atoms with E-state index in [1.807, 2.05) is 13.0 Å². The molecule has 1 fully saturated rings. The Balaban J connectivity index is 2.03. The summed E-state index contributed by atoms with van der Waals surface area (Å²) < 4.78 is 36.7. The lowest BCUT2D eigenvalue weighted by Gasteiger charge is -2.30. The molecule has 1 aliphatic heterocycles. The Labute approximate surface area is 167 Å². The van der Waals surface area contributed by atoms with E-state index in [-0.39, 0.29) is 5.91 Å². The van der Waals surface area contributed by atoms with E-state index in [2.05, 4.69) is 10.2 Å². The third-order valence-electron chi connectivity index (χ3n) is 4.71. The number of carbonyl (C=O) groups is 1. The first-order valence-corrected chi connectivity index (χ1v) is 11.3. The number of nitrogens with one attached hydrogen (secondary N) is 1. The van der Waals surface area contributed by atoms with Crippen molar-refractivity contribution < 1.29 is 22.7 Å². The molecular formula is C19H31N3O5S. The number of carbonyl (C=O) groups excluding carboxylic acids is 1. The molecule has 0 saturated carbocycles. The molecule has 0 unspecified atom stereocenters. The highest BCUT2D eigenvalue weighted by Gasteiger charge is 2.31. The van der Waals surface area contributed by atoms with Crippen molar-refractivity contribution in [2.24, 2.45) is 0 Å². The Kier molecular flexibility index (Phi) is 8.09. The minimum atomic E-state index is -3.69. The summed E-state index contributed by atoms with van der Waals surface area (Å²) in [6, 6.07) is 4.35. The fourth-order valence-electron chi connectivity index (χ4n) is 3.24. The standard InChI is InChI=1S/C19H31N3O5S/c1-15-6-7-18(26-3)17(14-15)22(28(4,24)25)16(2)19(23)20-8-5-9-21-10-12-27-13-11-21/h6-7,14,16H,5,8-13H2,1-4H3,(H,20,23)/t16-/m1/s1. The summed E-state index contributed by atoms with van der Waals surface area (Å²) in [6.45, 7) is 8.09. The molecule has 0 bridgehead atoms. The van der Waals surface area contributed by atoms with E-state index in [0.717, 1.165) is 55.4 Å². The van der Waals surface area contributed by atoms with Gasteiger partial charge in [0, 0.05) is 19.6 Å². The summed E-state index contributed by atoms with van der Waals surface area (Å²) in [6.07, 6.45) is 1.89. The summed E-state index contributed by atoms with van der Waals surface area (Å²) in [5.74, 6) is 0.0685. The normalized spacial score (nSPS) is 16.4. The predicted molar refractivity (Wildman–Crippen MR) is 109 cm³/mol. The van der Waals surface area contributed by atoms with Gasteiger partial charge in [0.2, 0.25) is 15.9 Å². The summed E-state index contributed by atoms with van der Waals surface area (Å²) in [5.41, 5.74) is 1.24. The summed E-state index contributed by atoms with van der Waals surface area (Å²) in [4.78, 5) is 14.9. The maximum Gasteiger partial charge on any atom is 0.243 e. The minimum Gasteiger partial charge on any atom is -0.495 e. The third-order valence-corrected chi connectivity index (χ3v) is 5.94. The van der Waals surface area contributed by atoms with Gasteiger partial charge >= 0.3 is 0 Å². The number of methoxy groups -OCH3 is 1. The summed E-state index contributed by atoms with van der Waals surface area (Å²) in [7, 11) is -2.21. The van der Waals surface area contributed by atoms with Gasteiger partial charge in [-0.05, 0) is 44.5 Å². The van der Waals surface area contributed by atoms with Gasteiger partial charge < -0.3 is 14.8 Å². The van der Waals surface area contributed by atoms with Crippen molar-refractivity contribution in [3.63, 3.8) is 0 Å². The van der Waals surface area contributed by atoms with Gasteiger partial charge in [0.15, 0.2) is 0 Å². The van der Waals surface area contributed by atoms with Gasteiger partial charge in [0.1, 0.15) is 11.8 Å². The molecule has 1 amide bonds. The second-order valence-corrected chi connectivity index (χ2v) is 8.87. The van der Waals surface area contributed by atoms with Crippen molar-refractivity contribution in [3.8, 4) is 5.75 Å². The lowest BCUT2D eigenvalue weighted by molar-refractivity contribution is -0.121. The molecule has 1 aromatic rings. The number of hydrogen-bond acceptors (Lipinski definition) is 6. The molecule has 0 spiro atoms. The van der Waals surface area contributed by atoms with Gasteiger partial charge in [-0.25, -0.2) is 8.42 Å². The number of aryl methyl sites for hydroxylation is 1. The number of amides is 1. The Morgan fingerprint density at radius 3 is 2.64 bits per heavy atom. The van der Waals surface area contributed by atoms with Crippen LogP contribution in [0.3, 0.4) is 0 Å². The molecule has 0 aliphatic carbocycles. The smallest absolute Gasteiger partial charge is 0.243 e. The number of morpholine rings is 1. The monoisotopic (exact) mass is 413 g/mol. The van der Waals surface area contributed by atoms with Crippen LogP contribution in [-0.4, -0.2) is 78.0 Å². The topological polar surface area (TPSA) is 88.2 Å². The highest BCUT2D eigenvalue weighted by molar-refractivity contribution is 7.92. The van der Waals surface area contributed by atoms with Crippen molar-refractivity contribution in [2.45, 2.75) is 26.3 Å². The second-order valence-electron chi connectivity index (χ2n) is 7.01. The number of benzene rings is 1. The number of sulfonamides is 1. The van der Waals surface area contributed by atoms with Crippen LogP contribution in [0.1, 0.15) is 18.9 Å². The number of hydrogen-bond donors (Lipinski definition) is 1. The molecule has 1 N–H and O–H groups in total. The Hall–Kier alpha value is -1.84. The van der Waals surface area contributed by atoms with E-state index in [4.69, 9.17) is 9.47 Å². The third kappa shape index (κ3) is 6.08. The number of anilines is 1. The van der Waals surface area contributed by atoms with Crippen LogP contribution in [0.15, 0.2) is 18.2 Å². The van der Waals surface area contributed by atoms with Crippen molar-refractivity contribution in [2.75, 3.05) is 57.1 Å². The largest absolute Gasteiger partial charge is 0.495 e. The highest BCUT2D eigenvalue weighted by atomic mass is 32.2. The molecule has 28 heavy (non-hydrogen) atoms. The maximum atomic E-state index is 12.6. The average Bonchev–Trinajstić information content (AvgIpc) is 2.65. The summed E-state index contributed by atoms with van der Waals surface area (Å²) >= 11 is 0. The fourth-order valence-corrected chi connectivity index (χ4v) is 4.41. The molecule has 0 aromatic heterocycles. The van der Waals surface area contributed by atoms with Crippen molar-refractivity contribution in [3.05, 3.63) is 23.8 Å². The van der Waals surface area contributed by atoms with Gasteiger partial charge in [0.25, 0.3) is 0 Å². The van der Waals surface area contributed by atoms with Crippen LogP contribution >= 0.6 is 0 Å². The van der Waals surface area contributed by atoms with Crippen LogP contribution in [0.5, 0.6) is 5.75 Å². The van der Waals surface area contributed by atoms with Crippen molar-refractivity contribution >= 4 is 21.6 Å². The first-order chi connectivity index (χ1) is 13.2. The molecule has 1 aliphatic rings. The van der Waals surface area contributed by atoms with Crippen molar-refractivity contribution in [1.29, 1.82) is 0 Å². The zero-order valence-electron chi connectivity index (χ0n) is 17.1. The molecule has 1 heterocycles. The predicted octanol–water partition coefficient (Wildman–Crippen LogP) is 0.997. The number of rotatable bonds is 9. The van der Waals surface area contributed by atoms with Gasteiger partial charge in [-0.2, -0.15) is 0 Å². The Morgan fingerprint density at radius 1 is 1.36 bits per heavy atom. The molecule has 1 saturated heterocycles. The van der Waals surface area contributed by atoms with Crippen LogP contribution in [0.2, 0.25) is 0 Å². The van der Waals surface area contributed by atoms with Gasteiger partial charge in [-0.15, -0.1) is 0 Å².